The molecule has 0 saturated heterocycles. The van der Waals surface area contributed by atoms with E-state index in [2.05, 4.69) is 0 Å². The third kappa shape index (κ3) is 2.61. The normalized spacial score (nSPS) is 22.1. The topological polar surface area (TPSA) is 164 Å². The SMILES string of the molecule is N[C@](O)(C(=O)O)[C@@H](O)[C@H](O)[C@@H](O)CO. The highest BCUT2D eigenvalue weighted by atomic mass is 16.4. The number of hydrogen-bond donors (Lipinski definition) is 7. The van der Waals surface area contributed by atoms with Crippen LogP contribution < -0.4 is 5.73 Å². The number of aliphatic hydroxyl groups is 5. The standard InChI is InChI=1S/C6H13NO7/c7-6(14,5(12)13)4(11)3(10)2(9)1-8/h2-4,8-11,14H,1,7H2,(H,12,13)/t2-,3+,4-,6+/m0/s1. The zero-order valence-corrected chi connectivity index (χ0v) is 7.11. The van der Waals surface area contributed by atoms with Gasteiger partial charge in [0, 0.05) is 0 Å². The zero-order chi connectivity index (χ0) is 11.5. The molecule has 0 aromatic heterocycles. The maximum atomic E-state index is 10.3. The van der Waals surface area contributed by atoms with Gasteiger partial charge in [0.2, 0.25) is 5.72 Å². The van der Waals surface area contributed by atoms with Crippen molar-refractivity contribution in [3.63, 3.8) is 0 Å². The number of hydrogen-bond acceptors (Lipinski definition) is 7. The van der Waals surface area contributed by atoms with Crippen molar-refractivity contribution in [2.24, 2.45) is 5.73 Å². The van der Waals surface area contributed by atoms with Crippen molar-refractivity contribution in [1.82, 2.24) is 0 Å². The quantitative estimate of drug-likeness (QED) is 0.225. The first-order chi connectivity index (χ1) is 6.25. The van der Waals surface area contributed by atoms with E-state index in [1.165, 1.54) is 0 Å². The Kier molecular flexibility index (Phi) is 4.39. The van der Waals surface area contributed by atoms with Gasteiger partial charge in [0.25, 0.3) is 0 Å². The second-order valence-electron chi connectivity index (χ2n) is 2.82. The molecular weight excluding hydrogens is 198 g/mol. The van der Waals surface area contributed by atoms with Gasteiger partial charge >= 0.3 is 5.97 Å². The molecule has 8 heteroatoms. The van der Waals surface area contributed by atoms with Crippen molar-refractivity contribution in [1.29, 1.82) is 0 Å². The van der Waals surface area contributed by atoms with E-state index in [4.69, 9.17) is 36.4 Å². The first-order valence-corrected chi connectivity index (χ1v) is 3.64. The second kappa shape index (κ2) is 4.64. The van der Waals surface area contributed by atoms with Gasteiger partial charge in [-0.2, -0.15) is 0 Å². The van der Waals surface area contributed by atoms with E-state index in [-0.39, 0.29) is 0 Å². The molecule has 0 amide bonds. The van der Waals surface area contributed by atoms with Crippen LogP contribution in [0.25, 0.3) is 0 Å². The van der Waals surface area contributed by atoms with Crippen molar-refractivity contribution in [2.75, 3.05) is 6.61 Å². The summed E-state index contributed by atoms with van der Waals surface area (Å²) in [6, 6.07) is 0. The minimum absolute atomic E-state index is 0.909. The van der Waals surface area contributed by atoms with Crippen LogP contribution in [0.15, 0.2) is 0 Å². The molecule has 0 aromatic carbocycles. The lowest BCUT2D eigenvalue weighted by molar-refractivity contribution is -0.189. The summed E-state index contributed by atoms with van der Waals surface area (Å²) in [6.45, 7) is -0.909. The van der Waals surface area contributed by atoms with Crippen molar-refractivity contribution in [3.05, 3.63) is 0 Å². The van der Waals surface area contributed by atoms with E-state index in [1.54, 1.807) is 0 Å². The van der Waals surface area contributed by atoms with Crippen molar-refractivity contribution in [2.45, 2.75) is 24.0 Å². The van der Waals surface area contributed by atoms with E-state index in [1.807, 2.05) is 0 Å². The highest BCUT2D eigenvalue weighted by molar-refractivity contribution is 5.77. The first kappa shape index (κ1) is 13.2. The van der Waals surface area contributed by atoms with Crippen LogP contribution in [0.4, 0.5) is 0 Å². The highest BCUT2D eigenvalue weighted by Crippen LogP contribution is 2.11. The fourth-order valence-corrected chi connectivity index (χ4v) is 0.705. The molecule has 8 N–H and O–H groups in total. The lowest BCUT2D eigenvalue weighted by Crippen LogP contribution is -2.63. The molecule has 84 valence electrons. The van der Waals surface area contributed by atoms with Crippen LogP contribution >= 0.6 is 0 Å². The molecule has 0 unspecified atom stereocenters. The van der Waals surface area contributed by atoms with Gasteiger partial charge in [-0.25, -0.2) is 4.79 Å². The largest absolute Gasteiger partial charge is 0.478 e. The predicted octanol–water partition coefficient (Wildman–Crippen LogP) is -4.21. The monoisotopic (exact) mass is 211 g/mol. The van der Waals surface area contributed by atoms with Gasteiger partial charge < -0.3 is 30.6 Å². The van der Waals surface area contributed by atoms with Crippen molar-refractivity contribution < 1.29 is 35.4 Å². The molecule has 0 aliphatic carbocycles. The third-order valence-electron chi connectivity index (χ3n) is 1.70. The van der Waals surface area contributed by atoms with Crippen LogP contribution in [0.2, 0.25) is 0 Å². The number of rotatable bonds is 5. The average molecular weight is 211 g/mol. The lowest BCUT2D eigenvalue weighted by atomic mass is 9.99. The molecule has 0 fully saturated rings. The summed E-state index contributed by atoms with van der Waals surface area (Å²) in [5.74, 6) is -1.96. The zero-order valence-electron chi connectivity index (χ0n) is 7.11. The Bertz CT molecular complexity index is 206. The number of carboxylic acid groups (broad SMARTS) is 1. The molecular formula is C6H13NO7. The Morgan fingerprint density at radius 3 is 2.07 bits per heavy atom. The van der Waals surface area contributed by atoms with E-state index in [9.17, 15) is 4.79 Å². The molecule has 0 saturated carbocycles. The Labute approximate surface area is 78.8 Å². The fourth-order valence-electron chi connectivity index (χ4n) is 0.705. The molecule has 0 aliphatic rings. The van der Waals surface area contributed by atoms with Gasteiger partial charge in [0.15, 0.2) is 0 Å². The van der Waals surface area contributed by atoms with Gasteiger partial charge in [0.1, 0.15) is 18.3 Å². The fraction of sp³-hybridized carbons (Fsp3) is 0.833. The summed E-state index contributed by atoms with van der Waals surface area (Å²) in [5, 5.41) is 52.5. The van der Waals surface area contributed by atoms with Crippen LogP contribution in [-0.2, 0) is 4.79 Å². The third-order valence-corrected chi connectivity index (χ3v) is 1.70. The summed E-state index contributed by atoms with van der Waals surface area (Å²) in [7, 11) is 0. The maximum Gasteiger partial charge on any atom is 0.353 e. The molecule has 0 rings (SSSR count). The lowest BCUT2D eigenvalue weighted by Gasteiger charge is -2.29. The minimum Gasteiger partial charge on any atom is -0.478 e. The van der Waals surface area contributed by atoms with Gasteiger partial charge in [-0.05, 0) is 0 Å². The number of carbonyl (C=O) groups is 1. The Morgan fingerprint density at radius 2 is 1.79 bits per heavy atom. The summed E-state index contributed by atoms with van der Waals surface area (Å²) in [6.07, 6.45) is -6.17. The van der Waals surface area contributed by atoms with Gasteiger partial charge in [0.05, 0.1) is 6.61 Å². The van der Waals surface area contributed by atoms with E-state index >= 15 is 0 Å². The second-order valence-corrected chi connectivity index (χ2v) is 2.82. The van der Waals surface area contributed by atoms with Crippen LogP contribution in [0.3, 0.4) is 0 Å². The number of aliphatic carboxylic acids is 1. The van der Waals surface area contributed by atoms with Crippen molar-refractivity contribution in [3.8, 4) is 0 Å². The minimum atomic E-state index is -3.09. The van der Waals surface area contributed by atoms with Gasteiger partial charge in [-0.15, -0.1) is 0 Å². The maximum absolute atomic E-state index is 10.3. The summed E-state index contributed by atoms with van der Waals surface area (Å²) in [5.41, 5.74) is 1.66. The van der Waals surface area contributed by atoms with E-state index in [0.717, 1.165) is 0 Å². The molecule has 8 nitrogen and oxygen atoms in total. The van der Waals surface area contributed by atoms with E-state index in [0.29, 0.717) is 0 Å². The van der Waals surface area contributed by atoms with Gasteiger partial charge in [-0.3, -0.25) is 5.73 Å². The summed E-state index contributed by atoms with van der Waals surface area (Å²) in [4.78, 5) is 10.3. The predicted molar refractivity (Wildman–Crippen MR) is 41.9 cm³/mol. The summed E-state index contributed by atoms with van der Waals surface area (Å²) < 4.78 is 0. The molecule has 0 aromatic rings. The molecule has 0 heterocycles. The summed E-state index contributed by atoms with van der Waals surface area (Å²) >= 11 is 0. The Morgan fingerprint density at radius 1 is 1.36 bits per heavy atom. The average Bonchev–Trinajstić information content (AvgIpc) is 2.13. The Balaban J connectivity index is 4.60. The number of nitrogens with two attached hydrogens (primary N) is 1. The molecule has 14 heavy (non-hydrogen) atoms. The molecule has 0 spiro atoms. The Hall–Kier alpha value is -0.770. The molecule has 0 bridgehead atoms. The van der Waals surface area contributed by atoms with Crippen LogP contribution in [0.1, 0.15) is 0 Å². The van der Waals surface area contributed by atoms with Crippen LogP contribution in [0, 0.1) is 0 Å². The molecule has 4 atom stereocenters. The molecule has 0 aliphatic heterocycles. The van der Waals surface area contributed by atoms with Gasteiger partial charge in [-0.1, -0.05) is 0 Å². The van der Waals surface area contributed by atoms with E-state index < -0.39 is 36.6 Å². The van der Waals surface area contributed by atoms with Crippen LogP contribution in [0.5, 0.6) is 0 Å². The smallest absolute Gasteiger partial charge is 0.353 e. The number of aliphatic hydroxyl groups excluding tert-OH is 4. The van der Waals surface area contributed by atoms with Crippen LogP contribution in [-0.4, -0.2) is 67.3 Å². The number of carboxylic acids is 1. The molecule has 0 radical (unpaired) electrons. The first-order valence-electron chi connectivity index (χ1n) is 3.64. The van der Waals surface area contributed by atoms with Crippen molar-refractivity contribution >= 4 is 5.97 Å². The highest BCUT2D eigenvalue weighted by Gasteiger charge is 2.45.